The molecule has 0 fully saturated rings. The molecule has 1 aromatic heterocycles. The van der Waals surface area contributed by atoms with Gasteiger partial charge in [-0.05, 0) is 30.7 Å². The molecule has 0 N–H and O–H groups in total. The summed E-state index contributed by atoms with van der Waals surface area (Å²) in [6.45, 7) is 3.11. The number of aromatic nitrogens is 2. The molecular weight excluding hydrogens is 207 g/mol. The topological polar surface area (TPSA) is 27.1 Å². The molecule has 2 rings (SSSR count). The van der Waals surface area contributed by atoms with E-state index in [-0.39, 0.29) is 5.82 Å². The Labute approximate surface area is 93.5 Å². The predicted octanol–water partition coefficient (Wildman–Crippen LogP) is 2.41. The molecule has 0 amide bonds. The fourth-order valence-corrected chi connectivity index (χ4v) is 1.45. The predicted molar refractivity (Wildman–Crippen MR) is 58.9 cm³/mol. The minimum atomic E-state index is -0.237. The van der Waals surface area contributed by atoms with Crippen LogP contribution in [0.15, 0.2) is 36.9 Å². The normalized spacial score (nSPS) is 10.4. The van der Waals surface area contributed by atoms with Gasteiger partial charge in [-0.2, -0.15) is 0 Å². The van der Waals surface area contributed by atoms with Crippen LogP contribution in [-0.2, 0) is 6.54 Å². The summed E-state index contributed by atoms with van der Waals surface area (Å²) in [7, 11) is 0. The number of hydrogen-bond acceptors (Lipinski definition) is 2. The Morgan fingerprint density at radius 1 is 1.44 bits per heavy atom. The van der Waals surface area contributed by atoms with Crippen LogP contribution in [0.5, 0.6) is 5.75 Å². The van der Waals surface area contributed by atoms with E-state index in [0.717, 1.165) is 17.9 Å². The summed E-state index contributed by atoms with van der Waals surface area (Å²) in [5, 5.41) is 0. The number of imidazole rings is 1. The summed E-state index contributed by atoms with van der Waals surface area (Å²) in [6, 6.07) is 4.52. The molecule has 0 aliphatic heterocycles. The molecule has 1 heterocycles. The second kappa shape index (κ2) is 4.79. The molecule has 0 spiro atoms. The van der Waals surface area contributed by atoms with Crippen LogP contribution in [0.25, 0.3) is 0 Å². The van der Waals surface area contributed by atoms with Crippen LogP contribution in [0.1, 0.15) is 5.56 Å². The van der Waals surface area contributed by atoms with Crippen molar-refractivity contribution in [3.05, 3.63) is 48.3 Å². The first kappa shape index (κ1) is 10.7. The second-order valence-electron chi connectivity index (χ2n) is 3.56. The molecule has 16 heavy (non-hydrogen) atoms. The van der Waals surface area contributed by atoms with Crippen LogP contribution in [0, 0.1) is 12.7 Å². The van der Waals surface area contributed by atoms with E-state index in [1.54, 1.807) is 18.6 Å². The summed E-state index contributed by atoms with van der Waals surface area (Å²) in [5.41, 5.74) is 0.811. The lowest BCUT2D eigenvalue weighted by atomic mass is 10.2. The molecule has 0 unspecified atom stereocenters. The minimum Gasteiger partial charge on any atom is -0.491 e. The van der Waals surface area contributed by atoms with Crippen molar-refractivity contribution >= 4 is 0 Å². The SMILES string of the molecule is Cc1cc(F)ccc1OCCn1ccnc1. The van der Waals surface area contributed by atoms with Gasteiger partial charge in [0.1, 0.15) is 18.2 Å². The van der Waals surface area contributed by atoms with Gasteiger partial charge in [-0.3, -0.25) is 0 Å². The van der Waals surface area contributed by atoms with Crippen LogP contribution >= 0.6 is 0 Å². The van der Waals surface area contributed by atoms with Crippen LogP contribution in [-0.4, -0.2) is 16.2 Å². The number of nitrogens with zero attached hydrogens (tertiary/aromatic N) is 2. The zero-order valence-corrected chi connectivity index (χ0v) is 9.06. The quantitative estimate of drug-likeness (QED) is 0.791. The molecule has 0 aliphatic carbocycles. The smallest absolute Gasteiger partial charge is 0.123 e. The maximum Gasteiger partial charge on any atom is 0.123 e. The summed E-state index contributed by atoms with van der Waals surface area (Å²) < 4.78 is 20.3. The molecule has 0 aliphatic rings. The van der Waals surface area contributed by atoms with Crippen molar-refractivity contribution in [2.75, 3.05) is 6.61 Å². The minimum absolute atomic E-state index is 0.237. The van der Waals surface area contributed by atoms with E-state index < -0.39 is 0 Å². The number of aryl methyl sites for hydroxylation is 1. The molecule has 0 atom stereocenters. The number of rotatable bonds is 4. The van der Waals surface area contributed by atoms with Gasteiger partial charge in [0, 0.05) is 12.4 Å². The summed E-state index contributed by atoms with van der Waals surface area (Å²) in [5.74, 6) is 0.487. The second-order valence-corrected chi connectivity index (χ2v) is 3.56. The van der Waals surface area contributed by atoms with Gasteiger partial charge in [0.2, 0.25) is 0 Å². The van der Waals surface area contributed by atoms with E-state index in [4.69, 9.17) is 4.74 Å². The van der Waals surface area contributed by atoms with Crippen LogP contribution in [0.3, 0.4) is 0 Å². The van der Waals surface area contributed by atoms with E-state index in [1.807, 2.05) is 17.7 Å². The monoisotopic (exact) mass is 220 g/mol. The molecule has 3 nitrogen and oxygen atoms in total. The molecule has 4 heteroatoms. The lowest BCUT2D eigenvalue weighted by Gasteiger charge is -2.09. The molecule has 0 radical (unpaired) electrons. The zero-order valence-electron chi connectivity index (χ0n) is 9.06. The summed E-state index contributed by atoms with van der Waals surface area (Å²) in [4.78, 5) is 3.93. The third-order valence-corrected chi connectivity index (χ3v) is 2.30. The molecule has 0 bridgehead atoms. The van der Waals surface area contributed by atoms with Gasteiger partial charge in [0.15, 0.2) is 0 Å². The highest BCUT2D eigenvalue weighted by Crippen LogP contribution is 2.18. The first-order valence-electron chi connectivity index (χ1n) is 5.10. The van der Waals surface area contributed by atoms with Crippen LogP contribution in [0.4, 0.5) is 4.39 Å². The van der Waals surface area contributed by atoms with Crippen molar-refractivity contribution in [2.45, 2.75) is 13.5 Å². The molecule has 1 aromatic carbocycles. The van der Waals surface area contributed by atoms with Gasteiger partial charge in [0.05, 0.1) is 12.9 Å². The van der Waals surface area contributed by atoms with Gasteiger partial charge in [-0.25, -0.2) is 9.37 Å². The van der Waals surface area contributed by atoms with Gasteiger partial charge < -0.3 is 9.30 Å². The summed E-state index contributed by atoms with van der Waals surface area (Å²) in [6.07, 6.45) is 5.34. The first-order valence-corrected chi connectivity index (χ1v) is 5.10. The maximum absolute atomic E-state index is 12.8. The summed E-state index contributed by atoms with van der Waals surface area (Å²) >= 11 is 0. The number of ether oxygens (including phenoxy) is 1. The van der Waals surface area contributed by atoms with E-state index >= 15 is 0 Å². The van der Waals surface area contributed by atoms with Crippen molar-refractivity contribution < 1.29 is 9.13 Å². The Morgan fingerprint density at radius 3 is 3.00 bits per heavy atom. The average Bonchev–Trinajstić information content (AvgIpc) is 2.74. The van der Waals surface area contributed by atoms with Crippen molar-refractivity contribution in [3.8, 4) is 5.75 Å². The van der Waals surface area contributed by atoms with E-state index in [0.29, 0.717) is 6.61 Å². The number of halogens is 1. The van der Waals surface area contributed by atoms with E-state index in [9.17, 15) is 4.39 Å². The van der Waals surface area contributed by atoms with Crippen molar-refractivity contribution in [2.24, 2.45) is 0 Å². The number of hydrogen-bond donors (Lipinski definition) is 0. The van der Waals surface area contributed by atoms with Crippen LogP contribution < -0.4 is 4.74 Å². The Morgan fingerprint density at radius 2 is 2.31 bits per heavy atom. The van der Waals surface area contributed by atoms with Gasteiger partial charge in [-0.1, -0.05) is 0 Å². The Bertz CT molecular complexity index is 454. The molecule has 0 saturated carbocycles. The number of benzene rings is 1. The Kier molecular flexibility index (Phi) is 3.19. The van der Waals surface area contributed by atoms with Gasteiger partial charge in [0.25, 0.3) is 0 Å². The molecule has 2 aromatic rings. The van der Waals surface area contributed by atoms with Crippen molar-refractivity contribution in [3.63, 3.8) is 0 Å². The standard InChI is InChI=1S/C12H13FN2O/c1-10-8-11(13)2-3-12(10)16-7-6-15-5-4-14-9-15/h2-5,8-9H,6-7H2,1H3. The van der Waals surface area contributed by atoms with E-state index in [2.05, 4.69) is 4.98 Å². The lowest BCUT2D eigenvalue weighted by molar-refractivity contribution is 0.296. The van der Waals surface area contributed by atoms with Gasteiger partial charge >= 0.3 is 0 Å². The molecule has 84 valence electrons. The van der Waals surface area contributed by atoms with Crippen LogP contribution in [0.2, 0.25) is 0 Å². The maximum atomic E-state index is 12.8. The molecular formula is C12H13FN2O. The first-order chi connectivity index (χ1) is 7.75. The fraction of sp³-hybridized carbons (Fsp3) is 0.250. The lowest BCUT2D eigenvalue weighted by Crippen LogP contribution is -2.07. The third kappa shape index (κ3) is 2.59. The Hall–Kier alpha value is -1.84. The Balaban J connectivity index is 1.90. The third-order valence-electron chi connectivity index (χ3n) is 2.30. The largest absolute Gasteiger partial charge is 0.491 e. The zero-order chi connectivity index (χ0) is 11.4. The highest BCUT2D eigenvalue weighted by molar-refractivity contribution is 5.32. The van der Waals surface area contributed by atoms with Crippen molar-refractivity contribution in [1.29, 1.82) is 0 Å². The fourth-order valence-electron chi connectivity index (χ4n) is 1.45. The van der Waals surface area contributed by atoms with E-state index in [1.165, 1.54) is 12.1 Å². The average molecular weight is 220 g/mol. The molecule has 0 saturated heterocycles. The van der Waals surface area contributed by atoms with Gasteiger partial charge in [-0.15, -0.1) is 0 Å². The highest BCUT2D eigenvalue weighted by atomic mass is 19.1. The highest BCUT2D eigenvalue weighted by Gasteiger charge is 2.00. The van der Waals surface area contributed by atoms with Crippen molar-refractivity contribution in [1.82, 2.24) is 9.55 Å².